The molecule has 0 radical (unpaired) electrons. The molecule has 0 aliphatic carbocycles. The Morgan fingerprint density at radius 3 is 2.95 bits per heavy atom. The second-order valence-corrected chi connectivity index (χ2v) is 5.95. The van der Waals surface area contributed by atoms with E-state index in [2.05, 4.69) is 12.2 Å². The van der Waals surface area contributed by atoms with E-state index in [4.69, 9.17) is 4.42 Å². The quantitative estimate of drug-likeness (QED) is 0.788. The minimum Gasteiger partial charge on any atom is -0.472 e. The van der Waals surface area contributed by atoms with Gasteiger partial charge < -0.3 is 14.6 Å². The fourth-order valence-corrected chi connectivity index (χ4v) is 2.85. The van der Waals surface area contributed by atoms with Crippen LogP contribution in [0.2, 0.25) is 0 Å². The van der Waals surface area contributed by atoms with Crippen LogP contribution in [0.15, 0.2) is 23.0 Å². The van der Waals surface area contributed by atoms with Crippen molar-refractivity contribution >= 4 is 11.8 Å². The molecular formula is C17H26N2O3. The highest BCUT2D eigenvalue weighted by Crippen LogP contribution is 2.19. The van der Waals surface area contributed by atoms with E-state index in [1.807, 2.05) is 0 Å². The molecular weight excluding hydrogens is 280 g/mol. The summed E-state index contributed by atoms with van der Waals surface area (Å²) in [5.41, 5.74) is 0.556. The molecule has 0 spiro atoms. The van der Waals surface area contributed by atoms with Gasteiger partial charge in [-0.1, -0.05) is 26.2 Å². The van der Waals surface area contributed by atoms with Crippen molar-refractivity contribution in [2.45, 2.75) is 45.4 Å². The molecule has 2 amide bonds. The Morgan fingerprint density at radius 1 is 1.36 bits per heavy atom. The fourth-order valence-electron chi connectivity index (χ4n) is 2.85. The maximum Gasteiger partial charge on any atom is 0.257 e. The van der Waals surface area contributed by atoms with Crippen LogP contribution >= 0.6 is 0 Å². The molecule has 0 aromatic carbocycles. The van der Waals surface area contributed by atoms with E-state index in [1.54, 1.807) is 11.0 Å². The minimum absolute atomic E-state index is 0.0470. The summed E-state index contributed by atoms with van der Waals surface area (Å²) in [6.45, 7) is 4.13. The molecule has 5 heteroatoms. The van der Waals surface area contributed by atoms with Gasteiger partial charge in [-0.05, 0) is 25.3 Å². The summed E-state index contributed by atoms with van der Waals surface area (Å²) >= 11 is 0. The number of hydrogen-bond donors (Lipinski definition) is 1. The van der Waals surface area contributed by atoms with Crippen LogP contribution in [0.4, 0.5) is 0 Å². The molecule has 0 bridgehead atoms. The molecule has 5 nitrogen and oxygen atoms in total. The van der Waals surface area contributed by atoms with Crippen LogP contribution in [-0.2, 0) is 4.79 Å². The van der Waals surface area contributed by atoms with Gasteiger partial charge in [-0.2, -0.15) is 0 Å². The van der Waals surface area contributed by atoms with E-state index in [0.29, 0.717) is 18.7 Å². The minimum atomic E-state index is -0.0872. The first kappa shape index (κ1) is 16.6. The predicted molar refractivity (Wildman–Crippen MR) is 84.5 cm³/mol. The lowest BCUT2D eigenvalue weighted by molar-refractivity contribution is -0.126. The maximum absolute atomic E-state index is 12.3. The van der Waals surface area contributed by atoms with Gasteiger partial charge in [0, 0.05) is 19.6 Å². The van der Waals surface area contributed by atoms with E-state index < -0.39 is 0 Å². The summed E-state index contributed by atoms with van der Waals surface area (Å²) in [6, 6.07) is 1.67. The highest BCUT2D eigenvalue weighted by atomic mass is 16.3. The average molecular weight is 306 g/mol. The van der Waals surface area contributed by atoms with Gasteiger partial charge in [0.1, 0.15) is 6.26 Å². The predicted octanol–water partition coefficient (Wildman–Crippen LogP) is 2.83. The highest BCUT2D eigenvalue weighted by molar-refractivity contribution is 5.94. The standard InChI is InChI=1S/C17H26N2O3/c1-2-3-4-5-9-18-16(20)14-7-6-10-19(12-14)17(21)15-8-11-22-13-15/h8,11,13-14H,2-7,9-10,12H2,1H3,(H,18,20)/t14-/m1/s1. The van der Waals surface area contributed by atoms with Crippen LogP contribution in [0.1, 0.15) is 55.8 Å². The number of carbonyl (C=O) groups excluding carboxylic acids is 2. The molecule has 122 valence electrons. The van der Waals surface area contributed by atoms with Crippen LogP contribution in [0, 0.1) is 5.92 Å². The van der Waals surface area contributed by atoms with Gasteiger partial charge in [0.05, 0.1) is 17.7 Å². The molecule has 0 saturated carbocycles. The van der Waals surface area contributed by atoms with E-state index in [-0.39, 0.29) is 17.7 Å². The molecule has 1 aliphatic rings. The van der Waals surface area contributed by atoms with E-state index in [1.165, 1.54) is 25.4 Å². The lowest BCUT2D eigenvalue weighted by atomic mass is 9.96. The lowest BCUT2D eigenvalue weighted by Gasteiger charge is -2.31. The third-order valence-corrected chi connectivity index (χ3v) is 4.18. The summed E-state index contributed by atoms with van der Waals surface area (Å²) in [6.07, 6.45) is 9.29. The number of amides is 2. The molecule has 2 heterocycles. The average Bonchev–Trinajstić information content (AvgIpc) is 3.08. The zero-order valence-corrected chi connectivity index (χ0v) is 13.3. The second-order valence-electron chi connectivity index (χ2n) is 5.95. The number of nitrogens with zero attached hydrogens (tertiary/aromatic N) is 1. The fraction of sp³-hybridized carbons (Fsp3) is 0.647. The SMILES string of the molecule is CCCCCCNC(=O)[C@@H]1CCCN(C(=O)c2ccoc2)C1. The van der Waals surface area contributed by atoms with Gasteiger partial charge in [0.25, 0.3) is 5.91 Å². The van der Waals surface area contributed by atoms with Crippen molar-refractivity contribution in [2.75, 3.05) is 19.6 Å². The number of unbranched alkanes of at least 4 members (excludes halogenated alkanes) is 3. The molecule has 1 aromatic rings. The number of rotatable bonds is 7. The normalized spacial score (nSPS) is 18.2. The van der Waals surface area contributed by atoms with Crippen molar-refractivity contribution in [1.82, 2.24) is 10.2 Å². The second kappa shape index (κ2) is 8.61. The molecule has 1 fully saturated rings. The molecule has 1 N–H and O–H groups in total. The molecule has 2 rings (SSSR count). The number of nitrogens with one attached hydrogen (secondary N) is 1. The Labute approximate surface area is 132 Å². The number of carbonyl (C=O) groups is 2. The van der Waals surface area contributed by atoms with E-state index in [0.717, 1.165) is 32.2 Å². The molecule has 0 unspecified atom stereocenters. The van der Waals surface area contributed by atoms with Crippen LogP contribution in [0.5, 0.6) is 0 Å². The number of piperidine rings is 1. The van der Waals surface area contributed by atoms with Crippen molar-refractivity contribution in [3.05, 3.63) is 24.2 Å². The van der Waals surface area contributed by atoms with E-state index in [9.17, 15) is 9.59 Å². The van der Waals surface area contributed by atoms with Crippen LogP contribution in [0.3, 0.4) is 0 Å². The zero-order chi connectivity index (χ0) is 15.8. The van der Waals surface area contributed by atoms with Crippen molar-refractivity contribution in [1.29, 1.82) is 0 Å². The van der Waals surface area contributed by atoms with Gasteiger partial charge in [-0.25, -0.2) is 0 Å². The summed E-state index contributed by atoms with van der Waals surface area (Å²) in [5, 5.41) is 3.01. The van der Waals surface area contributed by atoms with Crippen LogP contribution < -0.4 is 5.32 Å². The van der Waals surface area contributed by atoms with E-state index >= 15 is 0 Å². The summed E-state index contributed by atoms with van der Waals surface area (Å²) in [5.74, 6) is -0.0498. The number of likely N-dealkylation sites (tertiary alicyclic amines) is 1. The van der Waals surface area contributed by atoms with Crippen molar-refractivity contribution in [3.63, 3.8) is 0 Å². The van der Waals surface area contributed by atoms with Gasteiger partial charge in [-0.3, -0.25) is 9.59 Å². The topological polar surface area (TPSA) is 62.6 Å². The van der Waals surface area contributed by atoms with Crippen molar-refractivity contribution in [2.24, 2.45) is 5.92 Å². The summed E-state index contributed by atoms with van der Waals surface area (Å²) in [4.78, 5) is 26.3. The Hall–Kier alpha value is -1.78. The third kappa shape index (κ3) is 4.61. The molecule has 1 aromatic heterocycles. The third-order valence-electron chi connectivity index (χ3n) is 4.18. The lowest BCUT2D eigenvalue weighted by Crippen LogP contribution is -2.45. The first-order chi connectivity index (χ1) is 10.7. The van der Waals surface area contributed by atoms with Gasteiger partial charge in [-0.15, -0.1) is 0 Å². The monoisotopic (exact) mass is 306 g/mol. The Morgan fingerprint density at radius 2 is 2.23 bits per heavy atom. The molecule has 22 heavy (non-hydrogen) atoms. The first-order valence-electron chi connectivity index (χ1n) is 8.31. The summed E-state index contributed by atoms with van der Waals surface area (Å²) in [7, 11) is 0. The zero-order valence-electron chi connectivity index (χ0n) is 13.3. The molecule has 1 atom stereocenters. The first-order valence-corrected chi connectivity index (χ1v) is 8.31. The van der Waals surface area contributed by atoms with Crippen LogP contribution in [0.25, 0.3) is 0 Å². The number of furan rings is 1. The van der Waals surface area contributed by atoms with Gasteiger partial charge in [0.15, 0.2) is 0 Å². The molecule has 1 aliphatic heterocycles. The Bertz CT molecular complexity index is 470. The smallest absolute Gasteiger partial charge is 0.257 e. The van der Waals surface area contributed by atoms with Gasteiger partial charge >= 0.3 is 0 Å². The maximum atomic E-state index is 12.3. The number of hydrogen-bond acceptors (Lipinski definition) is 3. The molecule has 1 saturated heterocycles. The Kier molecular flexibility index (Phi) is 6.49. The van der Waals surface area contributed by atoms with Crippen molar-refractivity contribution in [3.8, 4) is 0 Å². The van der Waals surface area contributed by atoms with Crippen LogP contribution in [-0.4, -0.2) is 36.3 Å². The largest absolute Gasteiger partial charge is 0.472 e. The van der Waals surface area contributed by atoms with Gasteiger partial charge in [0.2, 0.25) is 5.91 Å². The summed E-state index contributed by atoms with van der Waals surface area (Å²) < 4.78 is 4.96. The highest BCUT2D eigenvalue weighted by Gasteiger charge is 2.28. The Balaban J connectivity index is 1.77. The van der Waals surface area contributed by atoms with Crippen molar-refractivity contribution < 1.29 is 14.0 Å².